The monoisotopic (exact) mass is 1030 g/mol. The van der Waals surface area contributed by atoms with Crippen LogP contribution in [0.1, 0.15) is 112 Å². The second kappa shape index (κ2) is 20.0. The molecular formula is C55H67FN8O9S. The Hall–Kier alpha value is -5.86. The Bertz CT molecular complexity index is 3030. The summed E-state index contributed by atoms with van der Waals surface area (Å²) in [7, 11) is -4.68. The number of benzene rings is 3. The van der Waals surface area contributed by atoms with Gasteiger partial charge in [-0.15, -0.1) is 0 Å². The summed E-state index contributed by atoms with van der Waals surface area (Å²) in [5.74, 6) is -0.839. The summed E-state index contributed by atoms with van der Waals surface area (Å²) >= 11 is 0. The molecule has 11 rings (SSSR count). The molecule has 6 aliphatic rings. The number of anilines is 4. The number of aromatic nitrogens is 2. The van der Waals surface area contributed by atoms with Crippen molar-refractivity contribution < 1.29 is 41.8 Å². The van der Waals surface area contributed by atoms with Crippen LogP contribution in [0.15, 0.2) is 77.8 Å². The van der Waals surface area contributed by atoms with Crippen molar-refractivity contribution in [2.75, 3.05) is 74.3 Å². The number of nitro groups is 1. The van der Waals surface area contributed by atoms with Crippen LogP contribution in [-0.2, 0) is 19.5 Å². The number of carbonyl (C=O) groups is 1. The zero-order chi connectivity index (χ0) is 51.5. The summed E-state index contributed by atoms with van der Waals surface area (Å²) in [5.41, 5.74) is 3.88. The van der Waals surface area contributed by atoms with Crippen molar-refractivity contribution in [2.24, 2.45) is 17.3 Å². The first kappa shape index (κ1) is 50.3. The molecule has 0 unspecified atom stereocenters. The minimum atomic E-state index is -4.68. The molecule has 5 fully saturated rings. The van der Waals surface area contributed by atoms with E-state index in [-0.39, 0.29) is 58.5 Å². The highest BCUT2D eigenvalue weighted by Gasteiger charge is 2.50. The molecule has 1 amide bonds. The Kier molecular flexibility index (Phi) is 13.6. The van der Waals surface area contributed by atoms with Gasteiger partial charge in [0, 0.05) is 68.7 Å². The number of sulfonamides is 1. The molecule has 0 bridgehead atoms. The molecule has 19 heteroatoms. The van der Waals surface area contributed by atoms with Gasteiger partial charge in [0.2, 0.25) is 5.88 Å². The number of rotatable bonds is 12. The van der Waals surface area contributed by atoms with Crippen molar-refractivity contribution in [3.8, 4) is 5.88 Å². The molecule has 394 valence electrons. The van der Waals surface area contributed by atoms with Gasteiger partial charge in [-0.2, -0.15) is 4.98 Å². The Morgan fingerprint density at radius 3 is 2.50 bits per heavy atom. The van der Waals surface area contributed by atoms with Crippen molar-refractivity contribution in [3.05, 3.63) is 106 Å². The maximum Gasteiger partial charge on any atom is 0.293 e. The van der Waals surface area contributed by atoms with E-state index in [0.717, 1.165) is 76.5 Å². The van der Waals surface area contributed by atoms with Crippen molar-refractivity contribution in [2.45, 2.75) is 113 Å². The second-order valence-electron chi connectivity index (χ2n) is 22.3. The van der Waals surface area contributed by atoms with Crippen LogP contribution in [0.25, 0.3) is 11.0 Å². The summed E-state index contributed by atoms with van der Waals surface area (Å²) in [4.78, 5) is 40.7. The van der Waals surface area contributed by atoms with Crippen LogP contribution < -0.4 is 24.6 Å². The molecule has 4 aliphatic heterocycles. The smallest absolute Gasteiger partial charge is 0.293 e. The number of ether oxygens (including phenoxy) is 3. The number of hydrogen-bond acceptors (Lipinski definition) is 14. The Balaban J connectivity index is 0.882. The van der Waals surface area contributed by atoms with Gasteiger partial charge in [-0.3, -0.25) is 19.8 Å². The lowest BCUT2D eigenvalue weighted by atomic mass is 9.59. The number of amides is 1. The van der Waals surface area contributed by atoms with Crippen molar-refractivity contribution >= 4 is 55.4 Å². The summed E-state index contributed by atoms with van der Waals surface area (Å²) in [6, 6.07) is 19.8. The molecule has 74 heavy (non-hydrogen) atoms. The van der Waals surface area contributed by atoms with Gasteiger partial charge < -0.3 is 39.4 Å². The standard InChI is InChI=1S/C55H67FN8O9S/c1-34(2)40-6-4-5-7-41(40)50-33-72-23-21-62(50)38-27-55(28-38)17-19-61(20-18-55)37-8-10-42(47(24-37)63-46-14-22-71-31-36(46)32-73-53-49(63)26-43-44(56)30-58-51(43)59-53)52(65)60-74(69,70)39-9-11-45(48(25-39)64(67)68)57-29-35-12-15-54(3,66)16-13-35/h4-11,24-26,30,34-36,38,46,50,57,66H,12-23,27-29,31-33H2,1-3H3,(H,58,59)(H,60,65)/t35-,36-,46+,50+,54-/m1/s1. The number of piperidine rings is 1. The van der Waals surface area contributed by atoms with E-state index in [4.69, 9.17) is 19.2 Å². The summed E-state index contributed by atoms with van der Waals surface area (Å²) < 4.78 is 64.5. The number of nitrogens with zero attached hydrogens (tertiary/aromatic N) is 5. The minimum absolute atomic E-state index is 0.0266. The largest absolute Gasteiger partial charge is 0.476 e. The molecule has 2 aliphatic carbocycles. The molecule has 17 nitrogen and oxygen atoms in total. The van der Waals surface area contributed by atoms with E-state index in [1.165, 1.54) is 29.5 Å². The number of nitrogens with one attached hydrogen (secondary N) is 3. The number of fused-ring (bicyclic) bond motifs is 3. The van der Waals surface area contributed by atoms with Gasteiger partial charge in [0.25, 0.3) is 21.6 Å². The number of aliphatic hydroxyl groups is 1. The van der Waals surface area contributed by atoms with E-state index in [1.54, 1.807) is 12.1 Å². The Morgan fingerprint density at radius 1 is 0.959 bits per heavy atom. The van der Waals surface area contributed by atoms with E-state index in [2.05, 4.69) is 62.9 Å². The van der Waals surface area contributed by atoms with Crippen LogP contribution >= 0.6 is 0 Å². The highest BCUT2D eigenvalue weighted by Crippen LogP contribution is 2.54. The fourth-order valence-electron chi connectivity index (χ4n) is 12.8. The molecule has 4 N–H and O–H groups in total. The first-order valence-electron chi connectivity index (χ1n) is 26.4. The molecule has 6 heterocycles. The number of hydrogen-bond donors (Lipinski definition) is 4. The lowest BCUT2D eigenvalue weighted by molar-refractivity contribution is -0.384. The van der Waals surface area contributed by atoms with Crippen LogP contribution in [0.5, 0.6) is 5.88 Å². The average molecular weight is 1040 g/mol. The van der Waals surface area contributed by atoms with Gasteiger partial charge in [-0.1, -0.05) is 38.1 Å². The van der Waals surface area contributed by atoms with Crippen LogP contribution in [0.3, 0.4) is 0 Å². The molecule has 5 aromatic rings. The Labute approximate surface area is 431 Å². The van der Waals surface area contributed by atoms with Crippen molar-refractivity contribution in [3.63, 3.8) is 0 Å². The molecule has 3 atom stereocenters. The topological polar surface area (TPSA) is 205 Å². The van der Waals surface area contributed by atoms with Crippen LogP contribution in [0.4, 0.5) is 32.8 Å². The lowest BCUT2D eigenvalue weighted by Gasteiger charge is -2.57. The fourth-order valence-corrected chi connectivity index (χ4v) is 13.8. The number of halogens is 1. The molecule has 2 aromatic heterocycles. The van der Waals surface area contributed by atoms with Crippen LogP contribution in [-0.4, -0.2) is 116 Å². The second-order valence-corrected chi connectivity index (χ2v) is 24.0. The number of pyridine rings is 1. The van der Waals surface area contributed by atoms with E-state index in [0.29, 0.717) is 74.6 Å². The molecule has 0 radical (unpaired) electrons. The van der Waals surface area contributed by atoms with Crippen LogP contribution in [0.2, 0.25) is 0 Å². The molecule has 3 aromatic carbocycles. The summed E-state index contributed by atoms with van der Waals surface area (Å²) in [5, 5.41) is 26.2. The zero-order valence-corrected chi connectivity index (χ0v) is 43.2. The maximum absolute atomic E-state index is 15.4. The molecule has 1 spiro atoms. The summed E-state index contributed by atoms with van der Waals surface area (Å²) in [6.45, 7) is 11.6. The van der Waals surface area contributed by atoms with Gasteiger partial charge in [-0.25, -0.2) is 17.5 Å². The number of nitro benzene ring substituents is 1. The predicted octanol–water partition coefficient (Wildman–Crippen LogP) is 8.96. The van der Waals surface area contributed by atoms with Gasteiger partial charge >= 0.3 is 0 Å². The van der Waals surface area contributed by atoms with Crippen molar-refractivity contribution in [1.82, 2.24) is 19.6 Å². The molecule has 2 saturated carbocycles. The Morgan fingerprint density at radius 2 is 1.73 bits per heavy atom. The third-order valence-electron chi connectivity index (χ3n) is 17.1. The van der Waals surface area contributed by atoms with Crippen LogP contribution in [0, 0.1) is 33.2 Å². The lowest BCUT2D eigenvalue weighted by Crippen LogP contribution is -2.58. The SMILES string of the molecule is CC(C)c1ccccc1[C@@H]1COCCN1C1CC2(CCN(c3ccc(C(=O)NS(=O)(=O)c4ccc(NC[C@H]5CC[C@](C)(O)CC5)c([N+](=O)[O-])c4)c(N4c5cc6c(F)c[nH]c6nc5OC[C@H]5COCC[C@@H]54)c3)CC2)C1. The number of H-pyrrole nitrogens is 1. The molecular weight excluding hydrogens is 968 g/mol. The maximum atomic E-state index is 15.4. The average Bonchev–Trinajstić information content (AvgIpc) is 3.66. The quantitative estimate of drug-likeness (QED) is 0.0681. The third kappa shape index (κ3) is 9.81. The first-order valence-corrected chi connectivity index (χ1v) is 27.8. The highest BCUT2D eigenvalue weighted by atomic mass is 32.2. The van der Waals surface area contributed by atoms with Gasteiger partial charge in [0.1, 0.15) is 22.8 Å². The predicted molar refractivity (Wildman–Crippen MR) is 279 cm³/mol. The van der Waals surface area contributed by atoms with Gasteiger partial charge in [-0.05, 0) is 129 Å². The highest BCUT2D eigenvalue weighted by molar-refractivity contribution is 7.90. The number of morpholine rings is 1. The van der Waals surface area contributed by atoms with Crippen molar-refractivity contribution in [1.29, 1.82) is 0 Å². The van der Waals surface area contributed by atoms with E-state index < -0.39 is 42.9 Å². The minimum Gasteiger partial charge on any atom is -0.476 e. The van der Waals surface area contributed by atoms with E-state index >= 15 is 4.39 Å². The molecule has 3 saturated heterocycles. The normalized spacial score (nSPS) is 25.4. The van der Waals surface area contributed by atoms with Gasteiger partial charge in [0.05, 0.1) is 64.5 Å². The summed E-state index contributed by atoms with van der Waals surface area (Å²) in [6.07, 6.45) is 8.68. The zero-order valence-electron chi connectivity index (χ0n) is 42.4. The third-order valence-corrected chi connectivity index (χ3v) is 18.4. The fraction of sp³-hybridized carbons (Fsp3) is 0.527. The van der Waals surface area contributed by atoms with Gasteiger partial charge in [0.15, 0.2) is 0 Å². The van der Waals surface area contributed by atoms with E-state index in [9.17, 15) is 28.4 Å². The first-order chi connectivity index (χ1) is 35.6. The number of carbonyl (C=O) groups excluding carboxylic acids is 1. The number of aromatic amines is 1. The van der Waals surface area contributed by atoms with E-state index in [1.807, 2.05) is 24.0 Å².